The van der Waals surface area contributed by atoms with Crippen molar-refractivity contribution >= 4 is 11.8 Å². The molecule has 1 aliphatic heterocycles. The van der Waals surface area contributed by atoms with Crippen LogP contribution in [-0.4, -0.2) is 75.1 Å². The number of amides is 2. The quantitative estimate of drug-likeness (QED) is 0.728. The molecule has 0 aliphatic carbocycles. The lowest BCUT2D eigenvalue weighted by Gasteiger charge is -2.22. The highest BCUT2D eigenvalue weighted by atomic mass is 16.5. The first-order chi connectivity index (χ1) is 13.2. The maximum Gasteiger partial charge on any atom is 0.244 e. The highest BCUT2D eigenvalue weighted by Gasteiger charge is 2.22. The van der Waals surface area contributed by atoms with Gasteiger partial charge in [-0.25, -0.2) is 4.68 Å². The maximum atomic E-state index is 12.5. The van der Waals surface area contributed by atoms with Gasteiger partial charge in [0.25, 0.3) is 0 Å². The van der Waals surface area contributed by atoms with E-state index in [1.165, 1.54) is 11.0 Å². The Morgan fingerprint density at radius 2 is 1.74 bits per heavy atom. The van der Waals surface area contributed by atoms with Gasteiger partial charge < -0.3 is 14.5 Å². The summed E-state index contributed by atoms with van der Waals surface area (Å²) in [7, 11) is 1.63. The van der Waals surface area contributed by atoms with E-state index < -0.39 is 0 Å². The molecule has 0 atom stereocenters. The minimum atomic E-state index is -0.0326. The number of aryl methyl sites for hydroxylation is 1. The van der Waals surface area contributed by atoms with Gasteiger partial charge >= 0.3 is 0 Å². The number of carbonyl (C=O) groups is 2. The van der Waals surface area contributed by atoms with Crippen LogP contribution in [0, 0.1) is 0 Å². The molecule has 0 radical (unpaired) electrons. The number of ether oxygens (including phenoxy) is 1. The number of hydrogen-bond donors (Lipinski definition) is 0. The SMILES string of the molecule is COc1ccc(CCC(=O)N2CCCN(C(=O)Cn3cnnn3)CC2)cc1. The second-order valence-electron chi connectivity index (χ2n) is 6.47. The molecule has 0 spiro atoms. The van der Waals surface area contributed by atoms with E-state index in [0.29, 0.717) is 39.0 Å². The van der Waals surface area contributed by atoms with Crippen LogP contribution < -0.4 is 4.74 Å². The van der Waals surface area contributed by atoms with Gasteiger partial charge in [-0.05, 0) is 41.0 Å². The summed E-state index contributed by atoms with van der Waals surface area (Å²) in [5.41, 5.74) is 1.11. The Morgan fingerprint density at radius 3 is 2.37 bits per heavy atom. The fourth-order valence-electron chi connectivity index (χ4n) is 3.11. The van der Waals surface area contributed by atoms with Crippen LogP contribution in [0.4, 0.5) is 0 Å². The van der Waals surface area contributed by atoms with Crippen molar-refractivity contribution in [2.45, 2.75) is 25.8 Å². The van der Waals surface area contributed by atoms with Crippen molar-refractivity contribution in [3.63, 3.8) is 0 Å². The average Bonchev–Trinajstić information content (AvgIpc) is 3.07. The standard InChI is InChI=1S/C18H24N6O3/c1-27-16-6-3-15(4-7-16)5-8-17(25)22-9-2-10-23(12-11-22)18(26)13-24-14-19-20-21-24/h3-4,6-7,14H,2,5,8-13H2,1H3. The molecule has 0 N–H and O–H groups in total. The van der Waals surface area contributed by atoms with Crippen molar-refractivity contribution in [2.24, 2.45) is 0 Å². The Morgan fingerprint density at radius 1 is 1.04 bits per heavy atom. The van der Waals surface area contributed by atoms with Crippen LogP contribution in [0.5, 0.6) is 5.75 Å². The number of rotatable bonds is 6. The first-order valence-corrected chi connectivity index (χ1v) is 9.05. The Labute approximate surface area is 157 Å². The van der Waals surface area contributed by atoms with E-state index in [1.807, 2.05) is 29.2 Å². The zero-order chi connectivity index (χ0) is 19.1. The fourth-order valence-corrected chi connectivity index (χ4v) is 3.11. The van der Waals surface area contributed by atoms with Crippen molar-refractivity contribution in [1.82, 2.24) is 30.0 Å². The molecule has 9 heteroatoms. The third-order valence-electron chi connectivity index (χ3n) is 4.68. The number of methoxy groups -OCH3 is 1. The van der Waals surface area contributed by atoms with E-state index in [4.69, 9.17) is 4.74 Å². The van der Waals surface area contributed by atoms with E-state index >= 15 is 0 Å². The summed E-state index contributed by atoms with van der Waals surface area (Å²) >= 11 is 0. The Bertz CT molecular complexity index is 747. The minimum absolute atomic E-state index is 0.0326. The molecule has 1 aliphatic rings. The second kappa shape index (κ2) is 9.11. The van der Waals surface area contributed by atoms with Gasteiger partial charge in [0.15, 0.2) is 0 Å². The predicted octanol–water partition coefficient (Wildman–Crippen LogP) is 0.375. The average molecular weight is 372 g/mol. The van der Waals surface area contributed by atoms with E-state index in [9.17, 15) is 9.59 Å². The van der Waals surface area contributed by atoms with Gasteiger partial charge in [0.2, 0.25) is 11.8 Å². The summed E-state index contributed by atoms with van der Waals surface area (Å²) in [6, 6.07) is 7.77. The molecule has 0 unspecified atom stereocenters. The summed E-state index contributed by atoms with van der Waals surface area (Å²) < 4.78 is 6.55. The van der Waals surface area contributed by atoms with E-state index in [-0.39, 0.29) is 18.4 Å². The normalized spacial score (nSPS) is 14.7. The molecule has 1 fully saturated rings. The first kappa shape index (κ1) is 18.8. The van der Waals surface area contributed by atoms with Gasteiger partial charge in [-0.1, -0.05) is 12.1 Å². The number of hydrogen-bond acceptors (Lipinski definition) is 6. The number of benzene rings is 1. The van der Waals surface area contributed by atoms with Crippen molar-refractivity contribution in [1.29, 1.82) is 0 Å². The lowest BCUT2D eigenvalue weighted by atomic mass is 10.1. The number of aromatic nitrogens is 4. The van der Waals surface area contributed by atoms with Gasteiger partial charge in [-0.15, -0.1) is 5.10 Å². The lowest BCUT2D eigenvalue weighted by Crippen LogP contribution is -2.38. The Balaban J connectivity index is 1.46. The third kappa shape index (κ3) is 5.25. The summed E-state index contributed by atoms with van der Waals surface area (Å²) in [5.74, 6) is 0.902. The van der Waals surface area contributed by atoms with Gasteiger partial charge in [-0.2, -0.15) is 0 Å². The third-order valence-corrected chi connectivity index (χ3v) is 4.68. The lowest BCUT2D eigenvalue weighted by molar-refractivity contribution is -0.134. The van der Waals surface area contributed by atoms with Gasteiger partial charge in [0.1, 0.15) is 18.6 Å². The molecule has 1 aromatic heterocycles. The second-order valence-corrected chi connectivity index (χ2v) is 6.47. The predicted molar refractivity (Wildman–Crippen MR) is 96.9 cm³/mol. The van der Waals surface area contributed by atoms with E-state index in [0.717, 1.165) is 17.7 Å². The van der Waals surface area contributed by atoms with Crippen LogP contribution in [0.2, 0.25) is 0 Å². The van der Waals surface area contributed by atoms with Crippen LogP contribution in [-0.2, 0) is 22.6 Å². The number of tetrazole rings is 1. The zero-order valence-corrected chi connectivity index (χ0v) is 15.5. The number of carbonyl (C=O) groups excluding carboxylic acids is 2. The zero-order valence-electron chi connectivity index (χ0n) is 15.5. The highest BCUT2D eigenvalue weighted by molar-refractivity contribution is 5.77. The van der Waals surface area contributed by atoms with Crippen molar-refractivity contribution < 1.29 is 14.3 Å². The van der Waals surface area contributed by atoms with Crippen LogP contribution in [0.15, 0.2) is 30.6 Å². The molecular formula is C18H24N6O3. The summed E-state index contributed by atoms with van der Waals surface area (Å²) in [5, 5.41) is 10.8. The van der Waals surface area contributed by atoms with Crippen LogP contribution in [0.1, 0.15) is 18.4 Å². The van der Waals surface area contributed by atoms with Crippen molar-refractivity contribution in [3.05, 3.63) is 36.2 Å². The molecule has 2 heterocycles. The highest BCUT2D eigenvalue weighted by Crippen LogP contribution is 2.14. The maximum absolute atomic E-state index is 12.5. The Hall–Kier alpha value is -2.97. The molecule has 144 valence electrons. The molecule has 3 rings (SSSR count). The van der Waals surface area contributed by atoms with Gasteiger partial charge in [-0.3, -0.25) is 9.59 Å². The molecular weight excluding hydrogens is 348 g/mol. The van der Waals surface area contributed by atoms with Crippen LogP contribution in [0.25, 0.3) is 0 Å². The summed E-state index contributed by atoms with van der Waals surface area (Å²) in [6.45, 7) is 2.54. The first-order valence-electron chi connectivity index (χ1n) is 9.05. The molecule has 0 bridgehead atoms. The van der Waals surface area contributed by atoms with Crippen LogP contribution >= 0.6 is 0 Å². The smallest absolute Gasteiger partial charge is 0.244 e. The molecule has 27 heavy (non-hydrogen) atoms. The van der Waals surface area contributed by atoms with Gasteiger partial charge in [0.05, 0.1) is 7.11 Å². The minimum Gasteiger partial charge on any atom is -0.497 e. The molecule has 2 amide bonds. The molecule has 0 saturated carbocycles. The monoisotopic (exact) mass is 372 g/mol. The molecule has 9 nitrogen and oxygen atoms in total. The summed E-state index contributed by atoms with van der Waals surface area (Å²) in [6.07, 6.45) is 3.35. The van der Waals surface area contributed by atoms with Crippen LogP contribution in [0.3, 0.4) is 0 Å². The van der Waals surface area contributed by atoms with Gasteiger partial charge in [0, 0.05) is 32.6 Å². The topological polar surface area (TPSA) is 93.5 Å². The summed E-state index contributed by atoms with van der Waals surface area (Å²) in [4.78, 5) is 28.5. The molecule has 1 saturated heterocycles. The molecule has 1 aromatic carbocycles. The van der Waals surface area contributed by atoms with Crippen molar-refractivity contribution in [3.8, 4) is 5.75 Å². The fraction of sp³-hybridized carbons (Fsp3) is 0.500. The Kier molecular flexibility index (Phi) is 6.35. The molecule has 2 aromatic rings. The largest absolute Gasteiger partial charge is 0.497 e. The van der Waals surface area contributed by atoms with Crippen molar-refractivity contribution in [2.75, 3.05) is 33.3 Å². The number of nitrogens with zero attached hydrogens (tertiary/aromatic N) is 6. The van der Waals surface area contributed by atoms with E-state index in [2.05, 4.69) is 15.5 Å². The van der Waals surface area contributed by atoms with E-state index in [1.54, 1.807) is 12.0 Å².